The fourth-order valence-corrected chi connectivity index (χ4v) is 2.11. The van der Waals surface area contributed by atoms with Crippen molar-refractivity contribution in [3.8, 4) is 0 Å². The second kappa shape index (κ2) is 6.21. The second-order valence-corrected chi connectivity index (χ2v) is 5.18. The molecular formula is C11H13BrClN5O. The highest BCUT2D eigenvalue weighted by molar-refractivity contribution is 9.10. The third-order valence-corrected chi connectivity index (χ3v) is 3.17. The Labute approximate surface area is 123 Å². The van der Waals surface area contributed by atoms with Gasteiger partial charge in [0, 0.05) is 25.5 Å². The lowest BCUT2D eigenvalue weighted by Gasteiger charge is -2.03. The molecule has 19 heavy (non-hydrogen) atoms. The normalized spacial score (nSPS) is 10.7. The third-order valence-electron chi connectivity index (χ3n) is 2.48. The van der Waals surface area contributed by atoms with Crippen LogP contribution < -0.4 is 5.32 Å². The second-order valence-electron chi connectivity index (χ2n) is 3.86. The predicted octanol–water partition coefficient (Wildman–Crippen LogP) is 1.95. The van der Waals surface area contributed by atoms with Crippen LogP contribution in [0.15, 0.2) is 23.1 Å². The fraction of sp³-hybridized carbons (Fsp3) is 0.364. The first kappa shape index (κ1) is 14.1. The van der Waals surface area contributed by atoms with Crippen LogP contribution in [0.5, 0.6) is 0 Å². The van der Waals surface area contributed by atoms with E-state index in [1.807, 2.05) is 13.1 Å². The van der Waals surface area contributed by atoms with Gasteiger partial charge in [0.05, 0.1) is 22.2 Å². The van der Waals surface area contributed by atoms with Gasteiger partial charge >= 0.3 is 0 Å². The molecule has 2 aromatic rings. The van der Waals surface area contributed by atoms with E-state index < -0.39 is 0 Å². The van der Waals surface area contributed by atoms with Gasteiger partial charge in [0.25, 0.3) is 5.91 Å². The van der Waals surface area contributed by atoms with Gasteiger partial charge in [0.1, 0.15) is 0 Å². The topological polar surface area (TPSA) is 64.7 Å². The Morgan fingerprint density at radius 1 is 1.47 bits per heavy atom. The van der Waals surface area contributed by atoms with Gasteiger partial charge < -0.3 is 5.32 Å². The lowest BCUT2D eigenvalue weighted by Crippen LogP contribution is -2.28. The van der Waals surface area contributed by atoms with Crippen LogP contribution in [-0.4, -0.2) is 32.0 Å². The summed E-state index contributed by atoms with van der Waals surface area (Å²) < 4.78 is 4.27. The molecule has 0 radical (unpaired) electrons. The number of carbonyl (C=O) groups is 1. The number of amides is 1. The summed E-state index contributed by atoms with van der Waals surface area (Å²) in [7, 11) is 0. The maximum Gasteiger partial charge on any atom is 0.273 e. The molecule has 0 aromatic carbocycles. The summed E-state index contributed by atoms with van der Waals surface area (Å²) in [6, 6.07) is 0. The Kier molecular flexibility index (Phi) is 4.60. The van der Waals surface area contributed by atoms with Crippen LogP contribution in [0.2, 0.25) is 5.02 Å². The highest BCUT2D eigenvalue weighted by Gasteiger charge is 2.14. The van der Waals surface area contributed by atoms with Gasteiger partial charge in [-0.25, -0.2) is 0 Å². The highest BCUT2D eigenvalue weighted by Crippen LogP contribution is 2.13. The number of nitrogens with one attached hydrogen (secondary N) is 1. The molecule has 0 aliphatic heterocycles. The summed E-state index contributed by atoms with van der Waals surface area (Å²) >= 11 is 9.26. The maximum atomic E-state index is 11.9. The van der Waals surface area contributed by atoms with E-state index in [2.05, 4.69) is 31.4 Å². The lowest BCUT2D eigenvalue weighted by molar-refractivity contribution is 0.0946. The minimum absolute atomic E-state index is 0.255. The molecule has 1 N–H and O–H groups in total. The minimum Gasteiger partial charge on any atom is -0.349 e. The van der Waals surface area contributed by atoms with Crippen LogP contribution in [0.1, 0.15) is 17.4 Å². The monoisotopic (exact) mass is 345 g/mol. The molecule has 0 spiro atoms. The summed E-state index contributed by atoms with van der Waals surface area (Å²) in [4.78, 5) is 11.9. The van der Waals surface area contributed by atoms with Gasteiger partial charge in [-0.05, 0) is 22.9 Å². The largest absolute Gasteiger partial charge is 0.349 e. The first-order chi connectivity index (χ1) is 9.10. The van der Waals surface area contributed by atoms with Crippen molar-refractivity contribution in [2.24, 2.45) is 0 Å². The SMILES string of the molecule is CCn1cc(Cl)c(C(=O)NCCn2cc(Br)cn2)n1. The van der Waals surface area contributed by atoms with E-state index in [-0.39, 0.29) is 11.6 Å². The van der Waals surface area contributed by atoms with Gasteiger partial charge in [0.2, 0.25) is 0 Å². The van der Waals surface area contributed by atoms with E-state index in [9.17, 15) is 4.79 Å². The van der Waals surface area contributed by atoms with Crippen LogP contribution in [0.3, 0.4) is 0 Å². The minimum atomic E-state index is -0.275. The molecule has 0 aliphatic carbocycles. The molecule has 2 heterocycles. The summed E-state index contributed by atoms with van der Waals surface area (Å²) in [6.45, 7) is 3.65. The number of carbonyl (C=O) groups excluding carboxylic acids is 1. The van der Waals surface area contributed by atoms with Crippen molar-refractivity contribution in [3.05, 3.63) is 33.8 Å². The fourth-order valence-electron chi connectivity index (χ4n) is 1.54. The molecule has 6 nitrogen and oxygen atoms in total. The van der Waals surface area contributed by atoms with E-state index in [4.69, 9.17) is 11.6 Å². The highest BCUT2D eigenvalue weighted by atomic mass is 79.9. The average Bonchev–Trinajstić information content (AvgIpc) is 2.95. The Morgan fingerprint density at radius 3 is 2.84 bits per heavy atom. The molecule has 2 aromatic heterocycles. The van der Waals surface area contributed by atoms with Gasteiger partial charge in [-0.15, -0.1) is 0 Å². The van der Waals surface area contributed by atoms with Crippen LogP contribution in [0, 0.1) is 0 Å². The number of hydrogen-bond donors (Lipinski definition) is 1. The van der Waals surface area contributed by atoms with E-state index in [0.717, 1.165) is 4.47 Å². The first-order valence-corrected chi connectivity index (χ1v) is 6.96. The number of halogens is 2. The third kappa shape index (κ3) is 3.57. The summed E-state index contributed by atoms with van der Waals surface area (Å²) in [6.07, 6.45) is 5.17. The Hall–Kier alpha value is -1.34. The van der Waals surface area contributed by atoms with Gasteiger partial charge in [-0.2, -0.15) is 10.2 Å². The molecule has 0 aliphatic rings. The summed E-state index contributed by atoms with van der Waals surface area (Å²) in [5.41, 5.74) is 0.255. The van der Waals surface area contributed by atoms with Crippen molar-refractivity contribution in [3.63, 3.8) is 0 Å². The lowest BCUT2D eigenvalue weighted by atomic mass is 10.4. The van der Waals surface area contributed by atoms with E-state index in [0.29, 0.717) is 24.7 Å². The van der Waals surface area contributed by atoms with Gasteiger partial charge in [0.15, 0.2) is 5.69 Å². The maximum absolute atomic E-state index is 11.9. The van der Waals surface area contributed by atoms with E-state index in [1.165, 1.54) is 0 Å². The molecule has 8 heteroatoms. The average molecular weight is 347 g/mol. The van der Waals surface area contributed by atoms with Crippen LogP contribution in [0.25, 0.3) is 0 Å². The number of rotatable bonds is 5. The zero-order valence-electron chi connectivity index (χ0n) is 10.3. The number of nitrogens with zero attached hydrogens (tertiary/aromatic N) is 4. The quantitative estimate of drug-likeness (QED) is 0.900. The molecular weight excluding hydrogens is 334 g/mol. The molecule has 0 unspecified atom stereocenters. The number of aromatic nitrogens is 4. The van der Waals surface area contributed by atoms with Crippen molar-refractivity contribution < 1.29 is 4.79 Å². The van der Waals surface area contributed by atoms with Gasteiger partial charge in [-0.3, -0.25) is 14.2 Å². The Bertz CT molecular complexity index is 579. The number of aryl methyl sites for hydroxylation is 1. The molecule has 102 valence electrons. The van der Waals surface area contributed by atoms with Crippen molar-refractivity contribution in [2.75, 3.05) is 6.54 Å². The smallest absolute Gasteiger partial charge is 0.273 e. The molecule has 2 rings (SSSR count). The molecule has 0 bridgehead atoms. The van der Waals surface area contributed by atoms with Crippen molar-refractivity contribution in [2.45, 2.75) is 20.0 Å². The molecule has 0 saturated carbocycles. The molecule has 0 atom stereocenters. The molecule has 0 saturated heterocycles. The van der Waals surface area contributed by atoms with E-state index in [1.54, 1.807) is 21.8 Å². The Morgan fingerprint density at radius 2 is 2.26 bits per heavy atom. The van der Waals surface area contributed by atoms with Crippen molar-refractivity contribution >= 4 is 33.4 Å². The van der Waals surface area contributed by atoms with Crippen LogP contribution in [0.4, 0.5) is 0 Å². The van der Waals surface area contributed by atoms with Crippen molar-refractivity contribution in [1.29, 1.82) is 0 Å². The van der Waals surface area contributed by atoms with Gasteiger partial charge in [-0.1, -0.05) is 11.6 Å². The van der Waals surface area contributed by atoms with E-state index >= 15 is 0 Å². The van der Waals surface area contributed by atoms with Crippen LogP contribution in [-0.2, 0) is 13.1 Å². The number of hydrogen-bond acceptors (Lipinski definition) is 3. The van der Waals surface area contributed by atoms with Crippen LogP contribution >= 0.6 is 27.5 Å². The summed E-state index contributed by atoms with van der Waals surface area (Å²) in [5.74, 6) is -0.275. The summed E-state index contributed by atoms with van der Waals surface area (Å²) in [5, 5.41) is 11.3. The first-order valence-electron chi connectivity index (χ1n) is 5.79. The molecule has 1 amide bonds. The standard InChI is InChI=1S/C11H13BrClN5O/c1-2-17-7-9(13)10(16-17)11(19)14-3-4-18-6-8(12)5-15-18/h5-7H,2-4H2,1H3,(H,14,19). The zero-order chi connectivity index (χ0) is 13.8. The predicted molar refractivity (Wildman–Crippen MR) is 75.2 cm³/mol. The zero-order valence-corrected chi connectivity index (χ0v) is 12.6. The Balaban J connectivity index is 1.88. The molecule has 0 fully saturated rings. The van der Waals surface area contributed by atoms with Crippen molar-refractivity contribution in [1.82, 2.24) is 24.9 Å².